The molecule has 0 radical (unpaired) electrons. The first-order chi connectivity index (χ1) is 13.7. The summed E-state index contributed by atoms with van der Waals surface area (Å²) >= 11 is 0. The summed E-state index contributed by atoms with van der Waals surface area (Å²) < 4.78 is 5.43. The lowest BCUT2D eigenvalue weighted by Gasteiger charge is -2.20. The quantitative estimate of drug-likeness (QED) is 0.665. The maximum Gasteiger partial charge on any atom is 0.491 e. The molecule has 0 unspecified atom stereocenters. The molecule has 4 rings (SSSR count). The van der Waals surface area contributed by atoms with E-state index in [9.17, 15) is 9.82 Å². The number of hydrogen-bond acceptors (Lipinski definition) is 5. The topological polar surface area (TPSA) is 85.4 Å². The first kappa shape index (κ1) is 18.8. The van der Waals surface area contributed by atoms with Crippen LogP contribution >= 0.6 is 0 Å². The smallest absolute Gasteiger partial charge is 0.423 e. The van der Waals surface area contributed by atoms with Gasteiger partial charge in [-0.3, -0.25) is 9.78 Å². The summed E-state index contributed by atoms with van der Waals surface area (Å²) in [6.07, 6.45) is 5.48. The minimum Gasteiger partial charge on any atom is -0.423 e. The molecule has 1 aliphatic rings. The van der Waals surface area contributed by atoms with Gasteiger partial charge in [0.05, 0.1) is 5.92 Å². The number of carbonyl (C=O) groups is 1. The van der Waals surface area contributed by atoms with Crippen LogP contribution in [0.25, 0.3) is 10.8 Å². The second-order valence-corrected chi connectivity index (χ2v) is 7.23. The van der Waals surface area contributed by atoms with Gasteiger partial charge in [-0.15, -0.1) is 0 Å². The molecule has 0 saturated carbocycles. The molecule has 1 atom stereocenters. The van der Waals surface area contributed by atoms with Gasteiger partial charge in [0.25, 0.3) is 0 Å². The summed E-state index contributed by atoms with van der Waals surface area (Å²) in [6, 6.07) is 13.6. The lowest BCUT2D eigenvalue weighted by atomic mass is 9.73. The molecule has 2 aromatic carbocycles. The number of pyridine rings is 1. The molecule has 0 fully saturated rings. The third kappa shape index (κ3) is 3.71. The number of aromatic nitrogens is 1. The molecule has 1 aliphatic heterocycles. The van der Waals surface area contributed by atoms with Crippen LogP contribution in [0, 0.1) is 0 Å². The fourth-order valence-corrected chi connectivity index (χ4v) is 4.00. The van der Waals surface area contributed by atoms with Crippen LogP contribution < -0.4 is 11.2 Å². The molecule has 142 valence electrons. The molecule has 0 bridgehead atoms. The van der Waals surface area contributed by atoms with E-state index in [0.717, 1.165) is 45.8 Å². The Labute approximate surface area is 164 Å². The van der Waals surface area contributed by atoms with Crippen LogP contribution in [0.2, 0.25) is 0 Å². The predicted molar refractivity (Wildman–Crippen MR) is 111 cm³/mol. The Bertz CT molecular complexity index is 1010. The van der Waals surface area contributed by atoms with Crippen molar-refractivity contribution in [3.63, 3.8) is 0 Å². The highest BCUT2D eigenvalue weighted by atomic mass is 16.5. The van der Waals surface area contributed by atoms with Gasteiger partial charge in [0.1, 0.15) is 5.78 Å². The van der Waals surface area contributed by atoms with E-state index in [1.54, 1.807) is 6.20 Å². The van der Waals surface area contributed by atoms with E-state index in [4.69, 9.17) is 10.4 Å². The van der Waals surface area contributed by atoms with Crippen LogP contribution in [-0.2, 0) is 22.3 Å². The number of carbonyl (C=O) groups excluding carboxylic acids is 1. The highest BCUT2D eigenvalue weighted by Crippen LogP contribution is 2.25. The maximum atomic E-state index is 13.1. The zero-order chi connectivity index (χ0) is 19.5. The largest absolute Gasteiger partial charge is 0.491 e. The highest BCUT2D eigenvalue weighted by molar-refractivity contribution is 6.60. The zero-order valence-corrected chi connectivity index (χ0v) is 15.7. The van der Waals surface area contributed by atoms with E-state index >= 15 is 0 Å². The van der Waals surface area contributed by atoms with Gasteiger partial charge < -0.3 is 15.4 Å². The number of hydrogen-bond donors (Lipinski definition) is 2. The molecule has 6 heteroatoms. The van der Waals surface area contributed by atoms with E-state index in [0.29, 0.717) is 13.0 Å². The second kappa shape index (κ2) is 8.23. The molecule has 5 nitrogen and oxygen atoms in total. The molecule has 2 heterocycles. The van der Waals surface area contributed by atoms with Gasteiger partial charge in [0, 0.05) is 37.4 Å². The van der Waals surface area contributed by atoms with Crippen molar-refractivity contribution in [2.24, 2.45) is 5.73 Å². The molecule has 0 saturated heterocycles. The van der Waals surface area contributed by atoms with E-state index in [2.05, 4.69) is 4.98 Å². The summed E-state index contributed by atoms with van der Waals surface area (Å²) in [5, 5.41) is 12.4. The normalized spacial score (nSPS) is 15.1. The molecular weight excluding hydrogens is 351 g/mol. The fraction of sp³-hybridized carbons (Fsp3) is 0.273. The Balaban J connectivity index is 1.63. The first-order valence-corrected chi connectivity index (χ1v) is 9.64. The first-order valence-electron chi connectivity index (χ1n) is 9.64. The van der Waals surface area contributed by atoms with Crippen molar-refractivity contribution in [1.29, 1.82) is 0 Å². The minimum atomic E-state index is -0.944. The fourth-order valence-electron chi connectivity index (χ4n) is 4.00. The Morgan fingerprint density at radius 2 is 2.14 bits per heavy atom. The summed E-state index contributed by atoms with van der Waals surface area (Å²) in [5.41, 5.74) is 9.67. The molecule has 3 N–H and O–H groups in total. The van der Waals surface area contributed by atoms with Gasteiger partial charge >= 0.3 is 7.12 Å². The van der Waals surface area contributed by atoms with Crippen molar-refractivity contribution in [1.82, 2.24) is 4.98 Å². The Morgan fingerprint density at radius 1 is 1.25 bits per heavy atom. The van der Waals surface area contributed by atoms with Crippen molar-refractivity contribution in [3.8, 4) is 0 Å². The lowest BCUT2D eigenvalue weighted by molar-refractivity contribution is -0.119. The number of fused-ring (bicyclic) bond motifs is 2. The predicted octanol–water partition coefficient (Wildman–Crippen LogP) is 1.74. The summed E-state index contributed by atoms with van der Waals surface area (Å²) in [7, 11) is -0.944. The third-order valence-electron chi connectivity index (χ3n) is 5.44. The number of ketones is 1. The van der Waals surface area contributed by atoms with Gasteiger partial charge in [-0.1, -0.05) is 36.4 Å². The number of benzene rings is 2. The Kier molecular flexibility index (Phi) is 5.53. The number of rotatable bonds is 5. The van der Waals surface area contributed by atoms with E-state index < -0.39 is 13.0 Å². The van der Waals surface area contributed by atoms with Crippen LogP contribution in [0.1, 0.15) is 29.0 Å². The van der Waals surface area contributed by atoms with Crippen molar-refractivity contribution >= 4 is 29.1 Å². The van der Waals surface area contributed by atoms with Crippen LogP contribution in [0.3, 0.4) is 0 Å². The molecule has 1 aromatic heterocycles. The average Bonchev–Trinajstić information content (AvgIpc) is 2.91. The molecular formula is C22H23BN2O3. The number of nitrogens with zero attached hydrogens (tertiary/aromatic N) is 1. The molecule has 0 aliphatic carbocycles. The number of nitrogens with two attached hydrogens (primary N) is 1. The van der Waals surface area contributed by atoms with E-state index in [1.807, 2.05) is 48.7 Å². The molecule has 0 spiro atoms. The van der Waals surface area contributed by atoms with Gasteiger partial charge in [-0.05, 0) is 46.4 Å². The van der Waals surface area contributed by atoms with Crippen molar-refractivity contribution in [3.05, 3.63) is 71.5 Å². The average molecular weight is 374 g/mol. The minimum absolute atomic E-state index is 0.0870. The second-order valence-electron chi connectivity index (χ2n) is 7.23. The van der Waals surface area contributed by atoms with Crippen LogP contribution in [0.4, 0.5) is 0 Å². The molecule has 3 aromatic rings. The zero-order valence-electron chi connectivity index (χ0n) is 15.7. The van der Waals surface area contributed by atoms with Crippen molar-refractivity contribution in [2.75, 3.05) is 13.2 Å². The third-order valence-corrected chi connectivity index (χ3v) is 5.44. The standard InChI is InChI=1S/C22H23BN2O3/c24-13-20(18-3-1-5-21-19(18)4-2-10-28-23(21)27)22(26)12-15-6-7-17-14-25-9-8-16(17)11-15/h1,3,5-9,11,14,20,27H,2,4,10,12-13,24H2/t20-/m1/s1. The van der Waals surface area contributed by atoms with Crippen LogP contribution in [-0.4, -0.2) is 36.1 Å². The van der Waals surface area contributed by atoms with Crippen molar-refractivity contribution < 1.29 is 14.5 Å². The lowest BCUT2D eigenvalue weighted by Crippen LogP contribution is -2.36. The van der Waals surface area contributed by atoms with Gasteiger partial charge in [0.2, 0.25) is 0 Å². The Hall–Kier alpha value is -2.54. The Morgan fingerprint density at radius 3 is 3.00 bits per heavy atom. The van der Waals surface area contributed by atoms with Crippen molar-refractivity contribution in [2.45, 2.75) is 25.2 Å². The summed E-state index contributed by atoms with van der Waals surface area (Å²) in [4.78, 5) is 17.3. The van der Waals surface area contributed by atoms with Crippen LogP contribution in [0.5, 0.6) is 0 Å². The summed E-state index contributed by atoms with van der Waals surface area (Å²) in [6.45, 7) is 0.742. The van der Waals surface area contributed by atoms with E-state index in [-0.39, 0.29) is 12.3 Å². The van der Waals surface area contributed by atoms with Crippen LogP contribution in [0.15, 0.2) is 54.9 Å². The SMILES string of the molecule is NC[C@@H](C(=O)Cc1ccc2cnccc2c1)c1cccc2c1CCCOB2O. The van der Waals surface area contributed by atoms with Gasteiger partial charge in [-0.2, -0.15) is 0 Å². The number of Topliss-reactive ketones (excluding diaryl/α,β-unsaturated/α-hetero) is 1. The van der Waals surface area contributed by atoms with Gasteiger partial charge in [-0.25, -0.2) is 0 Å². The molecule has 28 heavy (non-hydrogen) atoms. The summed E-state index contributed by atoms with van der Waals surface area (Å²) in [5.74, 6) is -0.308. The maximum absolute atomic E-state index is 13.1. The van der Waals surface area contributed by atoms with Gasteiger partial charge in [0.15, 0.2) is 0 Å². The molecule has 0 amide bonds. The van der Waals surface area contributed by atoms with E-state index in [1.165, 1.54) is 0 Å². The monoisotopic (exact) mass is 374 g/mol. The highest BCUT2D eigenvalue weighted by Gasteiger charge is 2.29.